The number of carbonyl (C=O) groups is 1. The van der Waals surface area contributed by atoms with Crippen LogP contribution in [0.4, 0.5) is 0 Å². The van der Waals surface area contributed by atoms with Gasteiger partial charge in [-0.3, -0.25) is 4.79 Å². The molecule has 0 bridgehead atoms. The molecular weight excluding hydrogens is 330 g/mol. The van der Waals surface area contributed by atoms with Crippen LogP contribution in [0.15, 0.2) is 16.8 Å². The van der Waals surface area contributed by atoms with E-state index in [1.165, 1.54) is 5.57 Å². The minimum atomic E-state index is -0.762. The first-order chi connectivity index (χ1) is 12.2. The normalized spacial score (nSPS) is 52.0. The third-order valence-corrected chi connectivity index (χ3v) is 8.55. The van der Waals surface area contributed by atoms with Crippen LogP contribution in [0.25, 0.3) is 0 Å². The molecule has 3 N–H and O–H groups in total. The molecule has 0 aromatic rings. The molecule has 4 aliphatic rings. The number of ketones is 1. The number of hydrogen-bond donors (Lipinski definition) is 3. The zero-order valence-corrected chi connectivity index (χ0v) is 16.0. The van der Waals surface area contributed by atoms with E-state index in [-0.39, 0.29) is 22.7 Å². The lowest BCUT2D eigenvalue weighted by Crippen LogP contribution is -2.56. The molecule has 0 saturated heterocycles. The van der Waals surface area contributed by atoms with Crippen molar-refractivity contribution < 1.29 is 20.2 Å². The van der Waals surface area contributed by atoms with Gasteiger partial charge in [0.15, 0.2) is 0 Å². The van der Waals surface area contributed by atoms with Gasteiger partial charge in [-0.25, -0.2) is 0 Å². The summed E-state index contributed by atoms with van der Waals surface area (Å²) in [5.74, 6) is 1.04. The van der Waals surface area contributed by atoms with Gasteiger partial charge in [-0.05, 0) is 74.2 Å². The number of nitrogens with zero attached hydrogens (tertiary/aromatic N) is 1. The summed E-state index contributed by atoms with van der Waals surface area (Å²) in [4.78, 5) is 12.2. The fourth-order valence-electron chi connectivity index (χ4n) is 7.19. The Morgan fingerprint density at radius 3 is 2.42 bits per heavy atom. The highest BCUT2D eigenvalue weighted by molar-refractivity contribution is 5.99. The SMILES string of the molecule is CC(=O)C1CCC2C3=C/C(=N\O)C4CC(O)C(O)CC4(C)C3CCC12C. The molecule has 0 spiro atoms. The van der Waals surface area contributed by atoms with Gasteiger partial charge < -0.3 is 15.4 Å². The maximum absolute atomic E-state index is 12.2. The molecule has 0 radical (unpaired) electrons. The Bertz CT molecular complexity index is 685. The number of rotatable bonds is 1. The quantitative estimate of drug-likeness (QED) is 0.495. The first-order valence-electron chi connectivity index (χ1n) is 10.0. The predicted octanol–water partition coefficient (Wildman–Crippen LogP) is 2.93. The smallest absolute Gasteiger partial charge is 0.133 e. The Morgan fingerprint density at radius 1 is 1.08 bits per heavy atom. The fourth-order valence-corrected chi connectivity index (χ4v) is 7.19. The van der Waals surface area contributed by atoms with E-state index in [2.05, 4.69) is 25.1 Å². The van der Waals surface area contributed by atoms with Gasteiger partial charge >= 0.3 is 0 Å². The van der Waals surface area contributed by atoms with Crippen molar-refractivity contribution in [3.63, 3.8) is 0 Å². The molecule has 26 heavy (non-hydrogen) atoms. The van der Waals surface area contributed by atoms with Gasteiger partial charge in [0, 0.05) is 11.8 Å². The lowest BCUT2D eigenvalue weighted by atomic mass is 9.47. The van der Waals surface area contributed by atoms with Crippen molar-refractivity contribution in [1.82, 2.24) is 0 Å². The van der Waals surface area contributed by atoms with Crippen LogP contribution in [0.3, 0.4) is 0 Å². The van der Waals surface area contributed by atoms with E-state index in [4.69, 9.17) is 0 Å². The summed E-state index contributed by atoms with van der Waals surface area (Å²) in [5, 5.41) is 33.8. The average Bonchev–Trinajstić information content (AvgIpc) is 2.93. The Kier molecular flexibility index (Phi) is 4.12. The zero-order valence-electron chi connectivity index (χ0n) is 16.0. The van der Waals surface area contributed by atoms with Gasteiger partial charge in [0.25, 0.3) is 0 Å². The molecule has 0 aromatic heterocycles. The van der Waals surface area contributed by atoms with Gasteiger partial charge in [-0.15, -0.1) is 0 Å². The van der Waals surface area contributed by atoms with E-state index in [1.807, 2.05) is 0 Å². The average molecular weight is 361 g/mol. The molecule has 144 valence electrons. The molecule has 0 amide bonds. The summed E-state index contributed by atoms with van der Waals surface area (Å²) >= 11 is 0. The molecule has 4 rings (SSSR count). The Balaban J connectivity index is 1.78. The summed E-state index contributed by atoms with van der Waals surface area (Å²) in [6.45, 7) is 6.17. The first-order valence-corrected chi connectivity index (χ1v) is 10.0. The molecule has 0 aliphatic heterocycles. The lowest BCUT2D eigenvalue weighted by Gasteiger charge is -2.57. The zero-order chi connectivity index (χ0) is 18.9. The third kappa shape index (κ3) is 2.29. The van der Waals surface area contributed by atoms with Crippen LogP contribution in [0.2, 0.25) is 0 Å². The number of carbonyl (C=O) groups excluding carboxylic acids is 1. The molecule has 0 aromatic carbocycles. The Hall–Kier alpha value is -1.20. The minimum Gasteiger partial charge on any atom is -0.411 e. The standard InChI is InChI=1S/C21H31NO4/c1-11(23)13-4-5-14-12-8-17(22-26)16-9-18(24)19(25)10-21(16,3)15(12)6-7-20(13,14)2/h8,13-16,18-19,24-26H,4-7,9-10H2,1-3H3/b22-17+. The fraction of sp³-hybridized carbons (Fsp3) is 0.810. The summed E-state index contributed by atoms with van der Waals surface area (Å²) in [5.41, 5.74) is 1.74. The molecule has 8 atom stereocenters. The van der Waals surface area contributed by atoms with Gasteiger partial charge in [-0.2, -0.15) is 0 Å². The number of allylic oxidation sites excluding steroid dienone is 2. The van der Waals surface area contributed by atoms with E-state index < -0.39 is 12.2 Å². The molecule has 3 saturated carbocycles. The highest BCUT2D eigenvalue weighted by Crippen LogP contribution is 2.65. The maximum atomic E-state index is 12.2. The first kappa shape index (κ1) is 18.2. The highest BCUT2D eigenvalue weighted by Gasteiger charge is 2.60. The minimum absolute atomic E-state index is 0.00920. The lowest BCUT2D eigenvalue weighted by molar-refractivity contribution is -0.125. The molecule has 5 nitrogen and oxygen atoms in total. The van der Waals surface area contributed by atoms with Crippen LogP contribution in [-0.2, 0) is 4.79 Å². The molecule has 8 unspecified atom stereocenters. The summed E-state index contributed by atoms with van der Waals surface area (Å²) < 4.78 is 0. The number of fused-ring (bicyclic) bond motifs is 5. The maximum Gasteiger partial charge on any atom is 0.133 e. The monoisotopic (exact) mass is 361 g/mol. The van der Waals surface area contributed by atoms with Crippen LogP contribution >= 0.6 is 0 Å². The van der Waals surface area contributed by atoms with Gasteiger partial charge in [0.1, 0.15) is 5.78 Å². The number of aliphatic hydroxyl groups is 2. The van der Waals surface area contributed by atoms with E-state index >= 15 is 0 Å². The second-order valence-electron chi connectivity index (χ2n) is 9.69. The van der Waals surface area contributed by atoms with Crippen LogP contribution < -0.4 is 0 Å². The van der Waals surface area contributed by atoms with Crippen LogP contribution in [0, 0.1) is 34.5 Å². The number of oxime groups is 1. The van der Waals surface area contributed by atoms with Gasteiger partial charge in [0.05, 0.1) is 17.9 Å². The molecule has 3 fully saturated rings. The molecule has 0 heterocycles. The van der Waals surface area contributed by atoms with Crippen LogP contribution in [-0.4, -0.2) is 39.1 Å². The topological polar surface area (TPSA) is 90.1 Å². The van der Waals surface area contributed by atoms with Crippen LogP contribution in [0.1, 0.15) is 59.3 Å². The molecule has 4 aliphatic carbocycles. The van der Waals surface area contributed by atoms with Crippen molar-refractivity contribution in [2.24, 2.45) is 39.7 Å². The van der Waals surface area contributed by atoms with Gasteiger partial charge in [-0.1, -0.05) is 24.6 Å². The van der Waals surface area contributed by atoms with E-state index in [9.17, 15) is 20.2 Å². The van der Waals surface area contributed by atoms with Crippen molar-refractivity contribution in [3.05, 3.63) is 11.6 Å². The van der Waals surface area contributed by atoms with Crippen molar-refractivity contribution in [2.45, 2.75) is 71.5 Å². The Morgan fingerprint density at radius 2 is 1.77 bits per heavy atom. The van der Waals surface area contributed by atoms with E-state index in [1.54, 1.807) is 6.92 Å². The van der Waals surface area contributed by atoms with Crippen LogP contribution in [0.5, 0.6) is 0 Å². The third-order valence-electron chi connectivity index (χ3n) is 8.55. The summed E-state index contributed by atoms with van der Waals surface area (Å²) in [6.07, 6.45) is 5.51. The van der Waals surface area contributed by atoms with Crippen molar-refractivity contribution in [3.8, 4) is 0 Å². The molecule has 5 heteroatoms. The van der Waals surface area contributed by atoms with Crippen molar-refractivity contribution in [1.29, 1.82) is 0 Å². The second-order valence-corrected chi connectivity index (χ2v) is 9.69. The summed E-state index contributed by atoms with van der Waals surface area (Å²) in [6, 6.07) is 0. The number of hydrogen-bond acceptors (Lipinski definition) is 5. The number of Topliss-reactive ketones (excluding diaryl/α,β-unsaturated/α-hetero) is 1. The summed E-state index contributed by atoms with van der Waals surface area (Å²) in [7, 11) is 0. The largest absolute Gasteiger partial charge is 0.411 e. The van der Waals surface area contributed by atoms with E-state index in [0.29, 0.717) is 36.2 Å². The van der Waals surface area contributed by atoms with Gasteiger partial charge in [0.2, 0.25) is 0 Å². The second kappa shape index (κ2) is 5.90. The predicted molar refractivity (Wildman–Crippen MR) is 97.9 cm³/mol. The Labute approximate surface area is 155 Å². The van der Waals surface area contributed by atoms with Crippen molar-refractivity contribution >= 4 is 11.5 Å². The van der Waals surface area contributed by atoms with E-state index in [0.717, 1.165) is 25.7 Å². The molecular formula is C21H31NO4. The highest BCUT2D eigenvalue weighted by atomic mass is 16.4. The number of aliphatic hydroxyl groups excluding tert-OH is 2. The van der Waals surface area contributed by atoms with Crippen molar-refractivity contribution in [2.75, 3.05) is 0 Å².